The van der Waals surface area contributed by atoms with Gasteiger partial charge in [0.25, 0.3) is 0 Å². The van der Waals surface area contributed by atoms with Gasteiger partial charge in [0.05, 0.1) is 57.5 Å². The number of methoxy groups -OCH3 is 4. The number of aromatic nitrogens is 2. The van der Waals surface area contributed by atoms with Gasteiger partial charge in [-0.1, -0.05) is 15.9 Å². The zero-order chi connectivity index (χ0) is 42.7. The minimum Gasteiger partial charge on any atom is -0.497 e. The van der Waals surface area contributed by atoms with Crippen LogP contribution in [0.2, 0.25) is 0 Å². The van der Waals surface area contributed by atoms with Crippen molar-refractivity contribution >= 4 is 51.3 Å². The highest BCUT2D eigenvalue weighted by Gasteiger charge is 2.26. The molecule has 0 saturated carbocycles. The minimum absolute atomic E-state index is 0.0340. The second-order valence-corrected chi connectivity index (χ2v) is 14.1. The monoisotopic (exact) mass is 876 g/mol. The molecule has 2 fully saturated rings. The number of pyridine rings is 2. The molecule has 16 nitrogen and oxygen atoms in total. The summed E-state index contributed by atoms with van der Waals surface area (Å²) in [6, 6.07) is 21.5. The maximum absolute atomic E-state index is 13.3. The van der Waals surface area contributed by atoms with Gasteiger partial charge in [0.2, 0.25) is 0 Å². The number of rotatable bonds is 9. The van der Waals surface area contributed by atoms with Crippen LogP contribution in [0.25, 0.3) is 0 Å². The number of esters is 2. The second-order valence-electron chi connectivity index (χ2n) is 13.5. The number of anilines is 2. The molecule has 2 aliphatic rings. The lowest BCUT2D eigenvalue weighted by atomic mass is 10.2. The summed E-state index contributed by atoms with van der Waals surface area (Å²) in [5.74, 6) is 0.710. The van der Waals surface area contributed by atoms with E-state index in [1.54, 1.807) is 43.4 Å². The van der Waals surface area contributed by atoms with Crippen molar-refractivity contribution in [3.05, 3.63) is 108 Å². The van der Waals surface area contributed by atoms with Gasteiger partial charge in [-0.15, -0.1) is 0 Å². The Hall–Kier alpha value is -5.78. The molecule has 4 aromatic rings. The summed E-state index contributed by atoms with van der Waals surface area (Å²) in [4.78, 5) is 66.0. The van der Waals surface area contributed by atoms with Crippen LogP contribution in [0.4, 0.5) is 21.0 Å². The van der Waals surface area contributed by atoms with Crippen LogP contribution in [0.1, 0.15) is 32.1 Å². The number of amides is 4. The molecule has 0 radical (unpaired) electrons. The summed E-state index contributed by atoms with van der Waals surface area (Å²) in [5, 5.41) is 3.58. The molecule has 0 unspecified atom stereocenters. The number of nitrogens with one attached hydrogen (secondary N) is 1. The number of alkyl halides is 1. The molecule has 0 spiro atoms. The van der Waals surface area contributed by atoms with E-state index in [9.17, 15) is 19.2 Å². The summed E-state index contributed by atoms with van der Waals surface area (Å²) in [6.45, 7) is 6.73. The zero-order valence-electron chi connectivity index (χ0n) is 34.4. The fraction of sp³-hybridized carbons (Fsp3) is 0.381. The number of carbonyl (C=O) groups is 4. The van der Waals surface area contributed by atoms with E-state index in [0.717, 1.165) is 67.8 Å². The summed E-state index contributed by atoms with van der Waals surface area (Å²) in [5.41, 5.74) is 3.96. The SMILES string of the molecule is COC(=O)c1ccc(CBr)nc1.COC(=O)c1ccc(CN(C(=O)N2CCN(C)CC2)c2ccc(OC)cc2)nc1.COc1ccc(NC(=O)N2CCN(C)CC2)cc1. The molecule has 0 aliphatic carbocycles. The smallest absolute Gasteiger partial charge is 0.339 e. The van der Waals surface area contributed by atoms with Crippen molar-refractivity contribution in [2.24, 2.45) is 0 Å². The fourth-order valence-corrected chi connectivity index (χ4v) is 6.08. The molecule has 2 saturated heterocycles. The highest BCUT2D eigenvalue weighted by atomic mass is 79.9. The Morgan fingerprint density at radius 3 is 1.51 bits per heavy atom. The Balaban J connectivity index is 0.000000217. The van der Waals surface area contributed by atoms with Crippen LogP contribution in [0, 0.1) is 0 Å². The van der Waals surface area contributed by atoms with Crippen molar-refractivity contribution < 1.29 is 38.1 Å². The Bertz CT molecular complexity index is 1920. The maximum atomic E-state index is 13.3. The quantitative estimate of drug-likeness (QED) is 0.167. The summed E-state index contributed by atoms with van der Waals surface area (Å²) in [6.07, 6.45) is 2.97. The maximum Gasteiger partial charge on any atom is 0.339 e. The summed E-state index contributed by atoms with van der Waals surface area (Å²) < 4.78 is 19.5. The van der Waals surface area contributed by atoms with Gasteiger partial charge in [-0.3, -0.25) is 14.9 Å². The molecule has 4 heterocycles. The summed E-state index contributed by atoms with van der Waals surface area (Å²) in [7, 11) is 10.0. The minimum atomic E-state index is -0.440. The first-order chi connectivity index (χ1) is 28.5. The van der Waals surface area contributed by atoms with Crippen LogP contribution in [-0.4, -0.2) is 148 Å². The molecule has 2 aromatic heterocycles. The van der Waals surface area contributed by atoms with Crippen LogP contribution in [0.5, 0.6) is 11.5 Å². The molecular formula is C42H53BrN8O8. The number of ether oxygens (including phenoxy) is 4. The van der Waals surface area contributed by atoms with Crippen LogP contribution >= 0.6 is 15.9 Å². The van der Waals surface area contributed by atoms with Gasteiger partial charge < -0.3 is 43.9 Å². The number of hydrogen-bond acceptors (Lipinski definition) is 12. The van der Waals surface area contributed by atoms with E-state index in [4.69, 9.17) is 14.2 Å². The predicted molar refractivity (Wildman–Crippen MR) is 229 cm³/mol. The number of halogens is 1. The molecular weight excluding hydrogens is 824 g/mol. The molecule has 1 N–H and O–H groups in total. The molecule has 17 heteroatoms. The molecule has 316 valence electrons. The largest absolute Gasteiger partial charge is 0.497 e. The van der Waals surface area contributed by atoms with E-state index in [2.05, 4.69) is 59.8 Å². The van der Waals surface area contributed by atoms with Crippen LogP contribution in [0.15, 0.2) is 85.2 Å². The van der Waals surface area contributed by atoms with Crippen molar-refractivity contribution in [2.75, 3.05) is 105 Å². The Labute approximate surface area is 354 Å². The van der Waals surface area contributed by atoms with Gasteiger partial charge in [0.1, 0.15) is 11.5 Å². The lowest BCUT2D eigenvalue weighted by Gasteiger charge is -2.36. The lowest BCUT2D eigenvalue weighted by Crippen LogP contribution is -2.52. The van der Waals surface area contributed by atoms with Crippen LogP contribution in [0.3, 0.4) is 0 Å². The van der Waals surface area contributed by atoms with Gasteiger partial charge in [0, 0.05) is 81.5 Å². The number of benzene rings is 2. The highest BCUT2D eigenvalue weighted by molar-refractivity contribution is 9.08. The van der Waals surface area contributed by atoms with E-state index in [1.165, 1.54) is 26.6 Å². The highest BCUT2D eigenvalue weighted by Crippen LogP contribution is 2.23. The average molecular weight is 878 g/mol. The van der Waals surface area contributed by atoms with Gasteiger partial charge in [-0.05, 0) is 86.9 Å². The van der Waals surface area contributed by atoms with E-state index in [-0.39, 0.29) is 18.0 Å². The number of hydrogen-bond donors (Lipinski definition) is 1. The normalized spacial score (nSPS) is 14.0. The Morgan fingerprint density at radius 2 is 1.08 bits per heavy atom. The van der Waals surface area contributed by atoms with E-state index >= 15 is 0 Å². The molecule has 59 heavy (non-hydrogen) atoms. The number of carbonyl (C=O) groups excluding carboxylic acids is 4. The Kier molecular flexibility index (Phi) is 18.4. The number of piperazine rings is 2. The molecule has 0 atom stereocenters. The molecule has 2 aliphatic heterocycles. The number of likely N-dealkylation sites (N-methyl/N-ethyl adjacent to an activating group) is 2. The van der Waals surface area contributed by atoms with Crippen molar-refractivity contribution in [2.45, 2.75) is 11.9 Å². The van der Waals surface area contributed by atoms with Gasteiger partial charge in [-0.2, -0.15) is 0 Å². The van der Waals surface area contributed by atoms with E-state index in [1.807, 2.05) is 58.3 Å². The molecule has 0 bridgehead atoms. The van der Waals surface area contributed by atoms with Gasteiger partial charge in [0.15, 0.2) is 0 Å². The molecule has 4 amide bonds. The average Bonchev–Trinajstić information content (AvgIpc) is 3.29. The molecule has 2 aromatic carbocycles. The van der Waals surface area contributed by atoms with E-state index in [0.29, 0.717) is 41.8 Å². The van der Waals surface area contributed by atoms with Crippen molar-refractivity contribution in [3.8, 4) is 11.5 Å². The third-order valence-corrected chi connectivity index (χ3v) is 10.0. The lowest BCUT2D eigenvalue weighted by molar-refractivity contribution is 0.0591. The van der Waals surface area contributed by atoms with Crippen molar-refractivity contribution in [1.82, 2.24) is 29.6 Å². The van der Waals surface area contributed by atoms with Gasteiger partial charge >= 0.3 is 24.0 Å². The fourth-order valence-electron chi connectivity index (χ4n) is 5.75. The Morgan fingerprint density at radius 1 is 0.627 bits per heavy atom. The second kappa shape index (κ2) is 23.6. The van der Waals surface area contributed by atoms with Crippen molar-refractivity contribution in [3.63, 3.8) is 0 Å². The zero-order valence-corrected chi connectivity index (χ0v) is 36.0. The number of urea groups is 2. The van der Waals surface area contributed by atoms with Crippen LogP contribution < -0.4 is 19.7 Å². The standard InChI is InChI=1S/C21H26N4O4.C13H19N3O2.C8H8BrNO2/c1-23-10-12-24(13-11-23)21(27)25(18-6-8-19(28-2)9-7-18)15-17-5-4-16(14-22-17)20(26)29-3;1-15-7-9-16(10-8-15)13(17)14-11-3-5-12(18-2)6-4-11;1-12-8(11)6-2-3-7(4-9)10-5-6/h4-9,14H,10-13,15H2,1-3H3;3-6H,7-10H2,1-2H3,(H,14,17);2-3,5H,4H2,1H3. The first kappa shape index (κ1) is 45.9. The number of nitrogens with zero attached hydrogens (tertiary/aromatic N) is 7. The van der Waals surface area contributed by atoms with Gasteiger partial charge in [-0.25, -0.2) is 19.2 Å². The van der Waals surface area contributed by atoms with Crippen molar-refractivity contribution in [1.29, 1.82) is 0 Å². The molecule has 6 rings (SSSR count). The third kappa shape index (κ3) is 14.2. The topological polar surface area (TPSA) is 159 Å². The predicted octanol–water partition coefficient (Wildman–Crippen LogP) is 5.49. The first-order valence-electron chi connectivity index (χ1n) is 18.9. The first-order valence-corrected chi connectivity index (χ1v) is 20.0. The van der Waals surface area contributed by atoms with E-state index < -0.39 is 5.97 Å². The summed E-state index contributed by atoms with van der Waals surface area (Å²) >= 11 is 3.26. The third-order valence-electron chi connectivity index (χ3n) is 9.47. The van der Waals surface area contributed by atoms with Crippen LogP contribution in [-0.2, 0) is 21.3 Å².